The monoisotopic (exact) mass is 566 g/mol. The molecular weight excluding hydrogens is 540 g/mol. The number of carbonyl (C=O) groups is 2. The van der Waals surface area contributed by atoms with Gasteiger partial charge in [-0.1, -0.05) is 22.9 Å². The van der Waals surface area contributed by atoms with Gasteiger partial charge in [0.05, 0.1) is 43.3 Å². The molecule has 12 heteroatoms. The molecule has 0 radical (unpaired) electrons. The van der Waals surface area contributed by atoms with Crippen molar-refractivity contribution in [2.24, 2.45) is 5.92 Å². The van der Waals surface area contributed by atoms with Crippen LogP contribution in [0.3, 0.4) is 0 Å². The molecule has 4 heterocycles. The summed E-state index contributed by atoms with van der Waals surface area (Å²) in [5.41, 5.74) is 3.64. The number of aromatic nitrogens is 5. The number of anilines is 1. The summed E-state index contributed by atoms with van der Waals surface area (Å²) in [4.78, 5) is 48.2. The van der Waals surface area contributed by atoms with E-state index < -0.39 is 0 Å². The highest BCUT2D eigenvalue weighted by Gasteiger charge is 2.29. The highest BCUT2D eigenvalue weighted by atomic mass is 35.5. The van der Waals surface area contributed by atoms with Crippen molar-refractivity contribution in [2.75, 3.05) is 19.0 Å². The van der Waals surface area contributed by atoms with Crippen LogP contribution in [0.15, 0.2) is 30.7 Å². The third kappa shape index (κ3) is 5.84. The van der Waals surface area contributed by atoms with Crippen molar-refractivity contribution in [1.82, 2.24) is 24.9 Å². The lowest BCUT2D eigenvalue weighted by Crippen LogP contribution is -2.23. The molecule has 5 rings (SSSR count). The van der Waals surface area contributed by atoms with Gasteiger partial charge in [-0.3, -0.25) is 19.9 Å². The number of aryl methyl sites for hydroxylation is 1. The SMILES string of the molecule is CCOC(=O)C1CCC(c2cnc3nc(NC(=O)c4cnc(C)cc4-c4cc(Cl)ncc4OC)sc3n2)CC1. The van der Waals surface area contributed by atoms with E-state index in [0.717, 1.165) is 37.1 Å². The van der Waals surface area contributed by atoms with E-state index in [4.69, 9.17) is 26.1 Å². The van der Waals surface area contributed by atoms with E-state index in [9.17, 15) is 9.59 Å². The Bertz CT molecular complexity index is 1540. The predicted molar refractivity (Wildman–Crippen MR) is 148 cm³/mol. The molecule has 0 aromatic carbocycles. The molecule has 0 bridgehead atoms. The molecule has 1 fully saturated rings. The normalized spacial score (nSPS) is 17.1. The standard InChI is InChI=1S/C27H27ClN6O4S/c1-4-38-26(36)16-7-5-15(6-8-16)20-12-31-23-25(32-20)39-27(33-23)34-24(35)19-11-29-14(2)9-17(19)18-10-22(28)30-13-21(18)37-3/h9-13,15-16H,4-8H2,1-3H3,(H,31,33,34,35). The number of carbonyl (C=O) groups excluding carboxylic acids is 2. The Morgan fingerprint density at radius 3 is 2.59 bits per heavy atom. The zero-order valence-corrected chi connectivity index (χ0v) is 23.3. The molecule has 0 spiro atoms. The van der Waals surface area contributed by atoms with Gasteiger partial charge >= 0.3 is 5.97 Å². The highest BCUT2D eigenvalue weighted by molar-refractivity contribution is 7.21. The molecule has 39 heavy (non-hydrogen) atoms. The van der Waals surface area contributed by atoms with Crippen molar-refractivity contribution in [2.45, 2.75) is 45.4 Å². The maximum absolute atomic E-state index is 13.4. The Balaban J connectivity index is 1.35. The van der Waals surface area contributed by atoms with Gasteiger partial charge in [-0.25, -0.2) is 15.0 Å². The molecule has 0 unspecified atom stereocenters. The van der Waals surface area contributed by atoms with E-state index in [1.54, 1.807) is 18.3 Å². The van der Waals surface area contributed by atoms with Crippen LogP contribution in [0.1, 0.15) is 60.3 Å². The van der Waals surface area contributed by atoms with Crippen molar-refractivity contribution >= 4 is 50.4 Å². The van der Waals surface area contributed by atoms with Gasteiger partial charge in [-0.05, 0) is 51.7 Å². The van der Waals surface area contributed by atoms with Crippen LogP contribution in [0.2, 0.25) is 5.15 Å². The van der Waals surface area contributed by atoms with E-state index in [1.165, 1.54) is 30.8 Å². The maximum atomic E-state index is 13.4. The van der Waals surface area contributed by atoms with Crippen molar-refractivity contribution in [3.63, 3.8) is 0 Å². The van der Waals surface area contributed by atoms with Crippen molar-refractivity contribution in [1.29, 1.82) is 0 Å². The zero-order chi connectivity index (χ0) is 27.5. The van der Waals surface area contributed by atoms with Gasteiger partial charge < -0.3 is 9.47 Å². The molecule has 1 aliphatic carbocycles. The molecule has 1 amide bonds. The summed E-state index contributed by atoms with van der Waals surface area (Å²) in [5, 5.41) is 3.52. The van der Waals surface area contributed by atoms with E-state index in [2.05, 4.69) is 25.3 Å². The van der Waals surface area contributed by atoms with Gasteiger partial charge in [0, 0.05) is 28.9 Å². The summed E-state index contributed by atoms with van der Waals surface area (Å²) in [7, 11) is 1.53. The van der Waals surface area contributed by atoms with Crippen LogP contribution in [0.25, 0.3) is 21.6 Å². The van der Waals surface area contributed by atoms with Gasteiger partial charge in [0.25, 0.3) is 5.91 Å². The topological polar surface area (TPSA) is 129 Å². The molecule has 202 valence electrons. The predicted octanol–water partition coefficient (Wildman–Crippen LogP) is 5.60. The molecular formula is C27H27ClN6O4S. The first kappa shape index (κ1) is 26.9. The molecule has 1 aliphatic rings. The summed E-state index contributed by atoms with van der Waals surface area (Å²) in [6, 6.07) is 3.45. The molecule has 1 N–H and O–H groups in total. The number of esters is 1. The minimum Gasteiger partial charge on any atom is -0.494 e. The number of nitrogens with one attached hydrogen (secondary N) is 1. The molecule has 4 aromatic heterocycles. The van der Waals surface area contributed by atoms with E-state index in [-0.39, 0.29) is 28.9 Å². The average molecular weight is 567 g/mol. The van der Waals surface area contributed by atoms with Crippen LogP contribution < -0.4 is 10.1 Å². The molecule has 10 nitrogen and oxygen atoms in total. The summed E-state index contributed by atoms with van der Waals surface area (Å²) in [5.74, 6) is 0.154. The van der Waals surface area contributed by atoms with Crippen LogP contribution in [0, 0.1) is 12.8 Å². The fourth-order valence-electron chi connectivity index (χ4n) is 4.79. The zero-order valence-electron chi connectivity index (χ0n) is 21.7. The van der Waals surface area contributed by atoms with Gasteiger partial charge in [0.1, 0.15) is 10.9 Å². The third-order valence-corrected chi connectivity index (χ3v) is 7.82. The number of pyridine rings is 2. The van der Waals surface area contributed by atoms with E-state index in [0.29, 0.717) is 44.7 Å². The van der Waals surface area contributed by atoms with Crippen molar-refractivity contribution < 1.29 is 19.1 Å². The second-order valence-corrected chi connectivity index (χ2v) is 10.6. The Kier molecular flexibility index (Phi) is 7.99. The number of amides is 1. The first-order valence-electron chi connectivity index (χ1n) is 12.6. The molecule has 0 aliphatic heterocycles. The fraction of sp³-hybridized carbons (Fsp3) is 0.370. The van der Waals surface area contributed by atoms with Gasteiger partial charge in [0.2, 0.25) is 0 Å². The number of rotatable bonds is 7. The van der Waals surface area contributed by atoms with Crippen LogP contribution in [0.5, 0.6) is 5.75 Å². The number of hydrogen-bond donors (Lipinski definition) is 1. The van der Waals surface area contributed by atoms with Crippen LogP contribution >= 0.6 is 22.9 Å². The summed E-state index contributed by atoms with van der Waals surface area (Å²) in [6.45, 7) is 4.07. The van der Waals surface area contributed by atoms with Gasteiger partial charge in [-0.2, -0.15) is 4.98 Å². The molecule has 0 saturated heterocycles. The number of hydrogen-bond acceptors (Lipinski definition) is 10. The lowest BCUT2D eigenvalue weighted by molar-refractivity contribution is -0.149. The van der Waals surface area contributed by atoms with Crippen LogP contribution in [-0.4, -0.2) is 50.5 Å². The van der Waals surface area contributed by atoms with Crippen LogP contribution in [-0.2, 0) is 9.53 Å². The van der Waals surface area contributed by atoms with Crippen molar-refractivity contribution in [3.05, 3.63) is 52.8 Å². The minimum absolute atomic E-state index is 0.0487. The number of fused-ring (bicyclic) bond motifs is 1. The third-order valence-electron chi connectivity index (χ3n) is 6.76. The van der Waals surface area contributed by atoms with Crippen molar-refractivity contribution in [3.8, 4) is 16.9 Å². The summed E-state index contributed by atoms with van der Waals surface area (Å²) in [6.07, 6.45) is 8.00. The molecule has 0 atom stereocenters. The second-order valence-electron chi connectivity index (χ2n) is 9.28. The Hall–Kier alpha value is -3.70. The number of ether oxygens (including phenoxy) is 2. The number of nitrogens with zero attached hydrogens (tertiary/aromatic N) is 5. The largest absolute Gasteiger partial charge is 0.494 e. The van der Waals surface area contributed by atoms with E-state index >= 15 is 0 Å². The second kappa shape index (κ2) is 11.6. The minimum atomic E-state index is -0.385. The number of thiazole rings is 1. The fourth-order valence-corrected chi connectivity index (χ4v) is 5.75. The maximum Gasteiger partial charge on any atom is 0.308 e. The first-order valence-corrected chi connectivity index (χ1v) is 13.8. The Morgan fingerprint density at radius 1 is 1.05 bits per heavy atom. The molecule has 1 saturated carbocycles. The number of halogens is 1. The summed E-state index contributed by atoms with van der Waals surface area (Å²) >= 11 is 7.41. The first-order chi connectivity index (χ1) is 18.9. The lowest BCUT2D eigenvalue weighted by atomic mass is 9.80. The van der Waals surface area contributed by atoms with Crippen LogP contribution in [0.4, 0.5) is 5.13 Å². The van der Waals surface area contributed by atoms with E-state index in [1.807, 2.05) is 13.8 Å². The quantitative estimate of drug-likeness (QED) is 0.224. The Morgan fingerprint density at radius 2 is 1.85 bits per heavy atom. The highest BCUT2D eigenvalue weighted by Crippen LogP contribution is 2.37. The van der Waals surface area contributed by atoms with Gasteiger partial charge in [0.15, 0.2) is 15.6 Å². The summed E-state index contributed by atoms with van der Waals surface area (Å²) < 4.78 is 10.6. The smallest absolute Gasteiger partial charge is 0.308 e. The lowest BCUT2D eigenvalue weighted by Gasteiger charge is -2.26. The average Bonchev–Trinajstić information content (AvgIpc) is 3.34. The number of methoxy groups -OCH3 is 1. The molecule has 4 aromatic rings. The Labute approximate surface area is 234 Å². The van der Waals surface area contributed by atoms with Gasteiger partial charge in [-0.15, -0.1) is 0 Å².